The van der Waals surface area contributed by atoms with Crippen molar-refractivity contribution in [2.24, 2.45) is 0 Å². The van der Waals surface area contributed by atoms with Gasteiger partial charge in [0.25, 0.3) is 5.56 Å². The van der Waals surface area contributed by atoms with E-state index in [1.54, 1.807) is 33.9 Å². The van der Waals surface area contributed by atoms with E-state index >= 15 is 0 Å². The van der Waals surface area contributed by atoms with E-state index in [1.807, 2.05) is 12.1 Å². The number of ether oxygens (including phenoxy) is 2. The average molecular weight is 472 g/mol. The molecule has 2 aliphatic rings. The largest absolute Gasteiger partial charge is 0.469 e. The second-order valence-corrected chi connectivity index (χ2v) is 8.58. The number of rotatable bonds is 7. The Labute approximate surface area is 201 Å². The van der Waals surface area contributed by atoms with Gasteiger partial charge in [0.1, 0.15) is 11.5 Å². The number of hydrogen-bond acceptors (Lipinski definition) is 8. The zero-order chi connectivity index (χ0) is 23.8. The molecule has 10 nitrogen and oxygen atoms in total. The highest BCUT2D eigenvalue weighted by molar-refractivity contribution is 5.77. The molecule has 0 amide bonds. The Kier molecular flexibility index (Phi) is 5.51. The number of nitrogens with zero attached hydrogens (tertiary/aromatic N) is 5. The predicted molar refractivity (Wildman–Crippen MR) is 131 cm³/mol. The molecular formula is C25H25N7O3. The van der Waals surface area contributed by atoms with Gasteiger partial charge in [0.2, 0.25) is 11.8 Å². The maximum absolute atomic E-state index is 13.2. The third kappa shape index (κ3) is 4.07. The molecule has 2 N–H and O–H groups in total. The van der Waals surface area contributed by atoms with Gasteiger partial charge >= 0.3 is 0 Å². The number of anilines is 2. The highest BCUT2D eigenvalue weighted by atomic mass is 16.6. The van der Waals surface area contributed by atoms with Gasteiger partial charge in [-0.1, -0.05) is 12.1 Å². The Hall–Kier alpha value is -4.02. The van der Waals surface area contributed by atoms with Gasteiger partial charge in [0, 0.05) is 30.7 Å². The second-order valence-electron chi connectivity index (χ2n) is 8.58. The first-order valence-corrected chi connectivity index (χ1v) is 11.6. The fraction of sp³-hybridized carbons (Fsp3) is 0.280. The van der Waals surface area contributed by atoms with Crippen LogP contribution in [0.1, 0.15) is 11.1 Å². The standard InChI is InChI=1S/C25H25N7O3/c1-2-9-31-24(33)21-13-28-25(29-18-4-3-17-12-26-7-5-16(17)10-18)30-23(21)32(31)19-6-8-27-22(11-19)35-20-14-34-15-20/h2-4,6,8,10-11,13,20,26H,1,5,7,9,12,14-15H2,(H,28,29,30). The van der Waals surface area contributed by atoms with Gasteiger partial charge in [-0.2, -0.15) is 4.98 Å². The highest BCUT2D eigenvalue weighted by Gasteiger charge is 2.22. The molecule has 1 saturated heterocycles. The average Bonchev–Trinajstić information content (AvgIpc) is 3.12. The van der Waals surface area contributed by atoms with Gasteiger partial charge in [-0.25, -0.2) is 19.3 Å². The Bertz CT molecular complexity index is 1470. The minimum atomic E-state index is -0.195. The van der Waals surface area contributed by atoms with E-state index < -0.39 is 0 Å². The first kappa shape index (κ1) is 21.5. The minimum absolute atomic E-state index is 0.0138. The number of benzene rings is 1. The van der Waals surface area contributed by atoms with E-state index in [-0.39, 0.29) is 11.7 Å². The molecule has 178 valence electrons. The van der Waals surface area contributed by atoms with Gasteiger partial charge in [0.05, 0.1) is 25.4 Å². The van der Waals surface area contributed by atoms with Crippen LogP contribution in [0.25, 0.3) is 16.7 Å². The summed E-state index contributed by atoms with van der Waals surface area (Å²) >= 11 is 0. The molecule has 0 saturated carbocycles. The third-order valence-electron chi connectivity index (χ3n) is 6.18. The van der Waals surface area contributed by atoms with E-state index in [0.717, 1.165) is 25.2 Å². The number of aromatic nitrogens is 5. The summed E-state index contributed by atoms with van der Waals surface area (Å²) in [7, 11) is 0. The summed E-state index contributed by atoms with van der Waals surface area (Å²) in [5.74, 6) is 0.874. The maximum Gasteiger partial charge on any atom is 0.278 e. The molecule has 4 aromatic rings. The molecule has 0 aliphatic carbocycles. The smallest absolute Gasteiger partial charge is 0.278 e. The van der Waals surface area contributed by atoms with Crippen molar-refractivity contribution in [2.45, 2.75) is 25.6 Å². The summed E-state index contributed by atoms with van der Waals surface area (Å²) in [6.07, 6.45) is 5.86. The molecule has 10 heteroatoms. The normalized spacial score (nSPS) is 15.4. The fourth-order valence-corrected chi connectivity index (χ4v) is 4.37. The van der Waals surface area contributed by atoms with Crippen molar-refractivity contribution in [3.05, 3.63) is 76.9 Å². The third-order valence-corrected chi connectivity index (χ3v) is 6.18. The Balaban J connectivity index is 1.40. The summed E-state index contributed by atoms with van der Waals surface area (Å²) < 4.78 is 14.4. The topological polar surface area (TPSA) is 108 Å². The van der Waals surface area contributed by atoms with E-state index in [9.17, 15) is 4.79 Å². The first-order valence-electron chi connectivity index (χ1n) is 11.6. The summed E-state index contributed by atoms with van der Waals surface area (Å²) in [5.41, 5.74) is 4.52. The first-order chi connectivity index (χ1) is 17.2. The lowest BCUT2D eigenvalue weighted by molar-refractivity contribution is -0.0813. The van der Waals surface area contributed by atoms with Crippen LogP contribution in [-0.2, 0) is 24.2 Å². The van der Waals surface area contributed by atoms with Crippen molar-refractivity contribution in [3.63, 3.8) is 0 Å². The Morgan fingerprint density at radius 1 is 1.23 bits per heavy atom. The molecule has 0 spiro atoms. The van der Waals surface area contributed by atoms with Crippen molar-refractivity contribution < 1.29 is 9.47 Å². The summed E-state index contributed by atoms with van der Waals surface area (Å²) in [6, 6.07) is 9.88. The molecule has 3 aromatic heterocycles. The Morgan fingerprint density at radius 3 is 2.97 bits per heavy atom. The van der Waals surface area contributed by atoms with Gasteiger partial charge < -0.3 is 20.1 Å². The molecule has 0 atom stereocenters. The van der Waals surface area contributed by atoms with Crippen molar-refractivity contribution in [2.75, 3.05) is 25.1 Å². The monoisotopic (exact) mass is 471 g/mol. The number of allylic oxidation sites excluding steroid dienone is 1. The van der Waals surface area contributed by atoms with Crippen molar-refractivity contribution in [1.82, 2.24) is 29.6 Å². The van der Waals surface area contributed by atoms with Gasteiger partial charge in [0.15, 0.2) is 5.65 Å². The minimum Gasteiger partial charge on any atom is -0.469 e. The lowest BCUT2D eigenvalue weighted by atomic mass is 10.0. The number of hydrogen-bond donors (Lipinski definition) is 2. The highest BCUT2D eigenvalue weighted by Crippen LogP contribution is 2.24. The molecule has 0 unspecified atom stereocenters. The number of fused-ring (bicyclic) bond motifs is 2. The fourth-order valence-electron chi connectivity index (χ4n) is 4.37. The number of pyridine rings is 1. The summed E-state index contributed by atoms with van der Waals surface area (Å²) in [5, 5.41) is 7.10. The zero-order valence-corrected chi connectivity index (χ0v) is 19.1. The molecule has 5 heterocycles. The van der Waals surface area contributed by atoms with Crippen LogP contribution < -0.4 is 20.9 Å². The summed E-state index contributed by atoms with van der Waals surface area (Å²) in [6.45, 7) is 7.05. The molecule has 35 heavy (non-hydrogen) atoms. The molecule has 1 aromatic carbocycles. The van der Waals surface area contributed by atoms with Crippen molar-refractivity contribution in [3.8, 4) is 11.6 Å². The van der Waals surface area contributed by atoms with Crippen LogP contribution in [-0.4, -0.2) is 50.2 Å². The van der Waals surface area contributed by atoms with Gasteiger partial charge in [-0.15, -0.1) is 6.58 Å². The lowest BCUT2D eigenvalue weighted by Crippen LogP contribution is -2.38. The number of nitrogens with one attached hydrogen (secondary N) is 2. The quantitative estimate of drug-likeness (QED) is 0.396. The van der Waals surface area contributed by atoms with E-state index in [0.29, 0.717) is 48.3 Å². The van der Waals surface area contributed by atoms with E-state index in [2.05, 4.69) is 39.3 Å². The van der Waals surface area contributed by atoms with E-state index in [1.165, 1.54) is 11.1 Å². The van der Waals surface area contributed by atoms with Crippen LogP contribution in [0, 0.1) is 0 Å². The Morgan fingerprint density at radius 2 is 2.14 bits per heavy atom. The predicted octanol–water partition coefficient (Wildman–Crippen LogP) is 2.33. The lowest BCUT2D eigenvalue weighted by Gasteiger charge is -2.26. The van der Waals surface area contributed by atoms with Crippen molar-refractivity contribution >= 4 is 22.7 Å². The SMILES string of the molecule is C=CCn1c(=O)c2cnc(Nc3ccc4c(c3)CCNC4)nc2n1-c1ccnc(OC2COC2)c1. The van der Waals surface area contributed by atoms with E-state index in [4.69, 9.17) is 14.5 Å². The van der Waals surface area contributed by atoms with Gasteiger partial charge in [-0.05, 0) is 42.3 Å². The van der Waals surface area contributed by atoms with Crippen LogP contribution in [0.5, 0.6) is 5.88 Å². The van der Waals surface area contributed by atoms with Crippen LogP contribution in [0.2, 0.25) is 0 Å². The maximum atomic E-state index is 13.2. The molecule has 0 radical (unpaired) electrons. The van der Waals surface area contributed by atoms with Crippen LogP contribution in [0.3, 0.4) is 0 Å². The molecule has 1 fully saturated rings. The molecule has 6 rings (SSSR count). The summed E-state index contributed by atoms with van der Waals surface area (Å²) in [4.78, 5) is 26.6. The zero-order valence-electron chi connectivity index (χ0n) is 19.1. The van der Waals surface area contributed by atoms with Crippen LogP contribution in [0.15, 0.2) is 60.2 Å². The van der Waals surface area contributed by atoms with Gasteiger partial charge in [-0.3, -0.25) is 4.79 Å². The second kappa shape index (κ2) is 8.97. The van der Waals surface area contributed by atoms with Crippen molar-refractivity contribution in [1.29, 1.82) is 0 Å². The molecule has 0 bridgehead atoms. The van der Waals surface area contributed by atoms with Crippen LogP contribution in [0.4, 0.5) is 11.6 Å². The molecular weight excluding hydrogens is 446 g/mol. The van der Waals surface area contributed by atoms with Crippen LogP contribution >= 0.6 is 0 Å². The molecule has 2 aliphatic heterocycles.